The molecule has 1 N–H and O–H groups in total. The fourth-order valence-corrected chi connectivity index (χ4v) is 4.55. The van der Waals surface area contributed by atoms with Gasteiger partial charge in [-0.3, -0.25) is 4.79 Å². The van der Waals surface area contributed by atoms with E-state index >= 15 is 0 Å². The highest BCUT2D eigenvalue weighted by atomic mass is 16.2. The van der Waals surface area contributed by atoms with Crippen molar-refractivity contribution >= 4 is 17.6 Å². The van der Waals surface area contributed by atoms with Crippen LogP contribution in [0.5, 0.6) is 0 Å². The number of unbranched alkanes of at least 4 members (excludes halogenated alkanes) is 3. The van der Waals surface area contributed by atoms with Gasteiger partial charge < -0.3 is 15.1 Å². The summed E-state index contributed by atoms with van der Waals surface area (Å²) in [7, 11) is 0. The number of para-hydroxylation sites is 1. The number of carbonyl (C=O) groups is 2. The Kier molecular flexibility index (Phi) is 8.32. The molecule has 0 fully saturated rings. The molecule has 1 atom stereocenters. The van der Waals surface area contributed by atoms with Crippen molar-refractivity contribution in [3.63, 3.8) is 0 Å². The Morgan fingerprint density at radius 2 is 1.75 bits per heavy atom. The summed E-state index contributed by atoms with van der Waals surface area (Å²) < 4.78 is 0. The third kappa shape index (κ3) is 5.70. The van der Waals surface area contributed by atoms with Crippen molar-refractivity contribution in [3.05, 3.63) is 64.7 Å². The molecule has 5 heteroatoms. The second-order valence-electron chi connectivity index (χ2n) is 8.89. The minimum absolute atomic E-state index is 0.0131. The van der Waals surface area contributed by atoms with Gasteiger partial charge in [0.15, 0.2) is 0 Å². The topological polar surface area (TPSA) is 52.7 Å². The summed E-state index contributed by atoms with van der Waals surface area (Å²) in [5, 5.41) is 3.07. The highest BCUT2D eigenvalue weighted by Gasteiger charge is 2.29. The summed E-state index contributed by atoms with van der Waals surface area (Å²) in [5.74, 6) is 0.0131. The molecule has 1 aliphatic rings. The van der Waals surface area contributed by atoms with E-state index < -0.39 is 0 Å². The molecule has 0 radical (unpaired) electrons. The molecule has 0 bridgehead atoms. The van der Waals surface area contributed by atoms with Crippen LogP contribution < -0.4 is 5.32 Å². The van der Waals surface area contributed by atoms with Gasteiger partial charge in [-0.2, -0.15) is 0 Å². The Labute approximate surface area is 192 Å². The number of aryl methyl sites for hydroxylation is 2. The van der Waals surface area contributed by atoms with Gasteiger partial charge in [0, 0.05) is 18.8 Å². The molecule has 32 heavy (non-hydrogen) atoms. The van der Waals surface area contributed by atoms with E-state index in [1.165, 1.54) is 11.1 Å². The Balaban J connectivity index is 1.72. The van der Waals surface area contributed by atoms with Crippen molar-refractivity contribution in [2.75, 3.05) is 25.0 Å². The van der Waals surface area contributed by atoms with Crippen LogP contribution in [-0.4, -0.2) is 41.4 Å². The quantitative estimate of drug-likeness (QED) is 0.528. The lowest BCUT2D eigenvalue weighted by Crippen LogP contribution is -2.47. The average molecular weight is 436 g/mol. The van der Waals surface area contributed by atoms with E-state index in [2.05, 4.69) is 37.4 Å². The first kappa shape index (κ1) is 23.8. The van der Waals surface area contributed by atoms with Crippen LogP contribution in [-0.2, 0) is 11.2 Å². The van der Waals surface area contributed by atoms with Gasteiger partial charge in [0.1, 0.15) is 6.54 Å². The summed E-state index contributed by atoms with van der Waals surface area (Å²) in [6, 6.07) is 14.1. The van der Waals surface area contributed by atoms with Crippen LogP contribution in [0.1, 0.15) is 67.8 Å². The predicted molar refractivity (Wildman–Crippen MR) is 131 cm³/mol. The van der Waals surface area contributed by atoms with Gasteiger partial charge in [0.05, 0.1) is 6.04 Å². The van der Waals surface area contributed by atoms with Crippen molar-refractivity contribution in [2.45, 2.75) is 65.8 Å². The van der Waals surface area contributed by atoms with Crippen molar-refractivity contribution in [3.8, 4) is 0 Å². The zero-order valence-electron chi connectivity index (χ0n) is 20.0. The van der Waals surface area contributed by atoms with Crippen molar-refractivity contribution in [1.82, 2.24) is 9.80 Å². The number of hydrogen-bond donors (Lipinski definition) is 1. The van der Waals surface area contributed by atoms with Gasteiger partial charge in [0.2, 0.25) is 5.91 Å². The number of anilines is 1. The molecule has 2 aromatic rings. The van der Waals surface area contributed by atoms with Crippen molar-refractivity contribution in [1.29, 1.82) is 0 Å². The van der Waals surface area contributed by atoms with E-state index in [0.29, 0.717) is 13.1 Å². The van der Waals surface area contributed by atoms with Gasteiger partial charge in [-0.15, -0.1) is 0 Å². The number of urea groups is 1. The Bertz CT molecular complexity index is 920. The van der Waals surface area contributed by atoms with Gasteiger partial charge >= 0.3 is 6.03 Å². The third-order valence-electron chi connectivity index (χ3n) is 6.52. The molecule has 2 aromatic carbocycles. The first-order valence-electron chi connectivity index (χ1n) is 11.9. The maximum atomic E-state index is 13.3. The summed E-state index contributed by atoms with van der Waals surface area (Å²) in [6.07, 6.45) is 5.10. The van der Waals surface area contributed by atoms with Crippen LogP contribution in [0.4, 0.5) is 10.5 Å². The molecule has 1 heterocycles. The Morgan fingerprint density at radius 3 is 2.47 bits per heavy atom. The van der Waals surface area contributed by atoms with Crippen LogP contribution in [0.2, 0.25) is 0 Å². The molecular weight excluding hydrogens is 398 g/mol. The average Bonchev–Trinajstić information content (AvgIpc) is 2.78. The lowest BCUT2D eigenvalue weighted by molar-refractivity contribution is -0.134. The van der Waals surface area contributed by atoms with Gasteiger partial charge in [-0.05, 0) is 55.9 Å². The molecule has 0 aliphatic carbocycles. The summed E-state index contributed by atoms with van der Waals surface area (Å²) in [5.41, 5.74) is 5.41. The van der Waals surface area contributed by atoms with E-state index in [0.717, 1.165) is 48.9 Å². The van der Waals surface area contributed by atoms with Gasteiger partial charge in [-0.1, -0.05) is 68.7 Å². The molecule has 0 saturated carbocycles. The van der Waals surface area contributed by atoms with Crippen LogP contribution >= 0.6 is 0 Å². The maximum absolute atomic E-state index is 13.3. The number of nitrogens with zero attached hydrogens (tertiary/aromatic N) is 2. The second-order valence-corrected chi connectivity index (χ2v) is 8.89. The number of benzene rings is 2. The monoisotopic (exact) mass is 435 g/mol. The Morgan fingerprint density at radius 1 is 1.03 bits per heavy atom. The summed E-state index contributed by atoms with van der Waals surface area (Å²) >= 11 is 0. The smallest absolute Gasteiger partial charge is 0.322 e. The Hall–Kier alpha value is -2.82. The van der Waals surface area contributed by atoms with Gasteiger partial charge in [0.25, 0.3) is 0 Å². The standard InChI is InChI=1S/C27H37N3O2/c1-5-6-7-10-17-29(27(32)28-26-20(2)12-11-13-21(26)3)19-25(31)30-18-16-23-14-8-9-15-24(23)22(30)4/h8-9,11-15,22H,5-7,10,16-19H2,1-4H3,(H,28,32). The number of hydrogen-bond acceptors (Lipinski definition) is 2. The number of fused-ring (bicyclic) bond motifs is 1. The van der Waals surface area contributed by atoms with Crippen molar-refractivity contribution < 1.29 is 9.59 Å². The maximum Gasteiger partial charge on any atom is 0.322 e. The number of nitrogens with one attached hydrogen (secondary N) is 1. The molecule has 3 amide bonds. The molecule has 1 unspecified atom stereocenters. The third-order valence-corrected chi connectivity index (χ3v) is 6.52. The fraction of sp³-hybridized carbons (Fsp3) is 0.481. The first-order valence-corrected chi connectivity index (χ1v) is 11.9. The van der Waals surface area contributed by atoms with Crippen LogP contribution in [0.25, 0.3) is 0 Å². The second kappa shape index (κ2) is 11.2. The van der Waals surface area contributed by atoms with Crippen molar-refractivity contribution in [2.24, 2.45) is 0 Å². The molecule has 0 spiro atoms. The minimum Gasteiger partial charge on any atom is -0.334 e. The molecule has 3 rings (SSSR count). The molecule has 0 saturated heterocycles. The largest absolute Gasteiger partial charge is 0.334 e. The first-order chi connectivity index (χ1) is 15.4. The van der Waals surface area contributed by atoms with E-state index in [9.17, 15) is 9.59 Å². The molecule has 172 valence electrons. The minimum atomic E-state index is -0.197. The molecule has 0 aromatic heterocycles. The van der Waals surface area contributed by atoms with Crippen LogP contribution in [0.15, 0.2) is 42.5 Å². The lowest BCUT2D eigenvalue weighted by Gasteiger charge is -2.36. The number of carbonyl (C=O) groups excluding carboxylic acids is 2. The molecule has 1 aliphatic heterocycles. The SMILES string of the molecule is CCCCCCN(CC(=O)N1CCc2ccccc2C1C)C(=O)Nc1c(C)cccc1C. The van der Waals surface area contributed by atoms with E-state index in [1.54, 1.807) is 4.90 Å². The normalized spacial score (nSPS) is 15.2. The van der Waals surface area contributed by atoms with E-state index in [1.807, 2.05) is 43.0 Å². The fourth-order valence-electron chi connectivity index (χ4n) is 4.55. The predicted octanol–water partition coefficient (Wildman–Crippen LogP) is 5.86. The summed E-state index contributed by atoms with van der Waals surface area (Å²) in [6.45, 7) is 9.62. The van der Waals surface area contributed by atoms with Crippen LogP contribution in [0, 0.1) is 13.8 Å². The number of amides is 3. The molecule has 5 nitrogen and oxygen atoms in total. The zero-order chi connectivity index (χ0) is 23.1. The summed E-state index contributed by atoms with van der Waals surface area (Å²) in [4.78, 5) is 30.2. The highest BCUT2D eigenvalue weighted by molar-refractivity contribution is 5.93. The lowest BCUT2D eigenvalue weighted by atomic mass is 9.93. The number of rotatable bonds is 8. The van der Waals surface area contributed by atoms with E-state index in [-0.39, 0.29) is 24.5 Å². The van der Waals surface area contributed by atoms with E-state index in [4.69, 9.17) is 0 Å². The molecular formula is C27H37N3O2. The zero-order valence-corrected chi connectivity index (χ0v) is 20.0. The van der Waals surface area contributed by atoms with Gasteiger partial charge in [-0.25, -0.2) is 4.79 Å². The highest BCUT2D eigenvalue weighted by Crippen LogP contribution is 2.29. The van der Waals surface area contributed by atoms with Crippen LogP contribution in [0.3, 0.4) is 0 Å².